The molecule has 0 bridgehead atoms. The number of piperidine rings is 1. The SMILES string of the molecule is CCc1nc2sc([C@@H](c3cccs3)[NH+]3C[C@@H](C)C[C@H](C)C3)c(O)n2n1. The Balaban J connectivity index is 1.78. The van der Waals surface area contributed by atoms with Crippen molar-refractivity contribution in [3.63, 3.8) is 0 Å². The molecule has 3 aromatic rings. The number of thiophene rings is 1. The maximum absolute atomic E-state index is 10.9. The number of thiazole rings is 1. The molecule has 0 amide bonds. The second kappa shape index (κ2) is 6.70. The van der Waals surface area contributed by atoms with E-state index in [0.29, 0.717) is 11.8 Å². The Bertz CT molecular complexity index is 844. The van der Waals surface area contributed by atoms with Crippen LogP contribution in [0.3, 0.4) is 0 Å². The van der Waals surface area contributed by atoms with Crippen LogP contribution in [0.4, 0.5) is 0 Å². The number of nitrogens with one attached hydrogen (secondary N) is 1. The van der Waals surface area contributed by atoms with Crippen LogP contribution in [0.15, 0.2) is 17.5 Å². The van der Waals surface area contributed by atoms with Crippen LogP contribution in [0.2, 0.25) is 0 Å². The van der Waals surface area contributed by atoms with Crippen molar-refractivity contribution in [2.75, 3.05) is 13.1 Å². The van der Waals surface area contributed by atoms with Crippen molar-refractivity contribution in [3.8, 4) is 5.88 Å². The third-order valence-corrected chi connectivity index (χ3v) is 7.11. The molecule has 1 fully saturated rings. The summed E-state index contributed by atoms with van der Waals surface area (Å²) in [5.74, 6) is 2.46. The number of fused-ring (bicyclic) bond motifs is 1. The molecule has 0 spiro atoms. The summed E-state index contributed by atoms with van der Waals surface area (Å²) in [5.41, 5.74) is 0. The molecule has 1 aliphatic heterocycles. The average molecular weight is 378 g/mol. The normalized spacial score (nSPS) is 25.5. The predicted molar refractivity (Wildman–Crippen MR) is 102 cm³/mol. The van der Waals surface area contributed by atoms with Crippen molar-refractivity contribution in [2.24, 2.45) is 11.8 Å². The minimum atomic E-state index is 0.170. The number of quaternary nitrogens is 1. The molecule has 4 rings (SSSR count). The van der Waals surface area contributed by atoms with E-state index in [9.17, 15) is 5.11 Å². The first-order valence-corrected chi connectivity index (χ1v) is 10.7. The number of nitrogens with zero attached hydrogens (tertiary/aromatic N) is 3. The van der Waals surface area contributed by atoms with E-state index in [-0.39, 0.29) is 11.9 Å². The van der Waals surface area contributed by atoms with E-state index >= 15 is 0 Å². The molecule has 134 valence electrons. The number of aryl methyl sites for hydroxylation is 1. The zero-order chi connectivity index (χ0) is 17.6. The zero-order valence-corrected chi connectivity index (χ0v) is 16.5. The maximum Gasteiger partial charge on any atom is 0.235 e. The molecule has 0 aromatic carbocycles. The van der Waals surface area contributed by atoms with Crippen LogP contribution in [0, 0.1) is 11.8 Å². The Morgan fingerprint density at radius 2 is 2.12 bits per heavy atom. The topological polar surface area (TPSA) is 54.9 Å². The molecular formula is C18H25N4OS2+. The van der Waals surface area contributed by atoms with Gasteiger partial charge in [0, 0.05) is 18.3 Å². The molecule has 2 N–H and O–H groups in total. The van der Waals surface area contributed by atoms with Crippen LogP contribution >= 0.6 is 22.7 Å². The summed E-state index contributed by atoms with van der Waals surface area (Å²) in [6, 6.07) is 4.47. The van der Waals surface area contributed by atoms with Gasteiger partial charge in [-0.1, -0.05) is 38.2 Å². The van der Waals surface area contributed by atoms with Crippen LogP contribution < -0.4 is 4.90 Å². The summed E-state index contributed by atoms with van der Waals surface area (Å²) in [7, 11) is 0. The lowest BCUT2D eigenvalue weighted by atomic mass is 9.90. The molecule has 1 aliphatic rings. The monoisotopic (exact) mass is 377 g/mol. The van der Waals surface area contributed by atoms with Crippen molar-refractivity contribution >= 4 is 27.6 Å². The predicted octanol–water partition coefficient (Wildman–Crippen LogP) is 2.77. The fourth-order valence-electron chi connectivity index (χ4n) is 4.17. The lowest BCUT2D eigenvalue weighted by molar-refractivity contribution is -0.936. The molecular weight excluding hydrogens is 352 g/mol. The highest BCUT2D eigenvalue weighted by Crippen LogP contribution is 2.37. The Morgan fingerprint density at radius 3 is 2.72 bits per heavy atom. The molecule has 7 heteroatoms. The van der Waals surface area contributed by atoms with Gasteiger partial charge in [-0.2, -0.15) is 4.52 Å². The number of aromatic hydroxyl groups is 1. The lowest BCUT2D eigenvalue weighted by Crippen LogP contribution is -3.14. The summed E-state index contributed by atoms with van der Waals surface area (Å²) < 4.78 is 1.62. The largest absolute Gasteiger partial charge is 0.492 e. The first-order valence-electron chi connectivity index (χ1n) is 9.02. The van der Waals surface area contributed by atoms with E-state index in [2.05, 4.69) is 41.4 Å². The molecule has 3 atom stereocenters. The fraction of sp³-hybridized carbons (Fsp3) is 0.556. The molecule has 3 aromatic heterocycles. The number of aromatic nitrogens is 3. The van der Waals surface area contributed by atoms with Gasteiger partial charge in [-0.05, 0) is 17.9 Å². The second-order valence-corrected chi connectivity index (χ2v) is 9.32. The quantitative estimate of drug-likeness (QED) is 0.735. The standard InChI is InChI=1S/C18H24N4OS2/c1-4-14-19-18-22(20-14)17(23)16(25-18)15(13-6-5-7-24-13)21-9-11(2)8-12(3)10-21/h5-7,11-12,15,23H,4,8-10H2,1-3H3/p+1/t11-,12-,15+/m0/s1. The van der Waals surface area contributed by atoms with Gasteiger partial charge in [0.25, 0.3) is 0 Å². The van der Waals surface area contributed by atoms with Crippen molar-refractivity contribution in [3.05, 3.63) is 33.1 Å². The van der Waals surface area contributed by atoms with Gasteiger partial charge in [-0.15, -0.1) is 16.4 Å². The summed E-state index contributed by atoms with van der Waals surface area (Å²) in [4.78, 5) is 9.20. The highest BCUT2D eigenvalue weighted by atomic mass is 32.1. The third kappa shape index (κ3) is 3.09. The van der Waals surface area contributed by atoms with Crippen LogP contribution in [0.1, 0.15) is 48.8 Å². The second-order valence-electron chi connectivity index (χ2n) is 7.33. The first-order chi connectivity index (χ1) is 12.1. The average Bonchev–Trinajstić information content (AvgIpc) is 3.27. The number of likely N-dealkylation sites (tertiary alicyclic amines) is 1. The van der Waals surface area contributed by atoms with Crippen molar-refractivity contribution in [1.29, 1.82) is 0 Å². The smallest absolute Gasteiger partial charge is 0.235 e. The van der Waals surface area contributed by atoms with Crippen molar-refractivity contribution < 1.29 is 10.0 Å². The number of hydrogen-bond donors (Lipinski definition) is 2. The first kappa shape index (κ1) is 17.0. The number of rotatable bonds is 4. The van der Waals surface area contributed by atoms with Gasteiger partial charge in [-0.3, -0.25) is 0 Å². The minimum Gasteiger partial charge on any atom is -0.492 e. The van der Waals surface area contributed by atoms with Crippen LogP contribution in [0.5, 0.6) is 5.88 Å². The Labute approximate surface area is 155 Å². The summed E-state index contributed by atoms with van der Waals surface area (Å²) in [6.45, 7) is 9.00. The highest BCUT2D eigenvalue weighted by molar-refractivity contribution is 7.17. The summed E-state index contributed by atoms with van der Waals surface area (Å²) in [5, 5.41) is 17.5. The van der Waals surface area contributed by atoms with Crippen LogP contribution in [0.25, 0.3) is 4.96 Å². The number of hydrogen-bond acceptors (Lipinski definition) is 5. The fourth-order valence-corrected chi connectivity index (χ4v) is 6.28. The van der Waals surface area contributed by atoms with E-state index in [0.717, 1.165) is 35.2 Å². The van der Waals surface area contributed by atoms with E-state index < -0.39 is 0 Å². The van der Waals surface area contributed by atoms with Crippen molar-refractivity contribution in [1.82, 2.24) is 14.6 Å². The highest BCUT2D eigenvalue weighted by Gasteiger charge is 2.37. The van der Waals surface area contributed by atoms with Gasteiger partial charge in [0.05, 0.1) is 18.0 Å². The van der Waals surface area contributed by atoms with Gasteiger partial charge in [0.2, 0.25) is 10.8 Å². The third-order valence-electron chi connectivity index (χ3n) is 5.08. The van der Waals surface area contributed by atoms with Crippen LogP contribution in [-0.4, -0.2) is 32.8 Å². The van der Waals surface area contributed by atoms with Gasteiger partial charge >= 0.3 is 0 Å². The molecule has 0 aliphatic carbocycles. The van der Waals surface area contributed by atoms with Gasteiger partial charge < -0.3 is 10.0 Å². The minimum absolute atomic E-state index is 0.170. The maximum atomic E-state index is 10.9. The van der Waals surface area contributed by atoms with Gasteiger partial charge in [0.1, 0.15) is 4.88 Å². The lowest BCUT2D eigenvalue weighted by Gasteiger charge is -2.36. The molecule has 4 heterocycles. The molecule has 25 heavy (non-hydrogen) atoms. The Morgan fingerprint density at radius 1 is 1.36 bits per heavy atom. The summed E-state index contributed by atoms with van der Waals surface area (Å²) in [6.07, 6.45) is 2.08. The van der Waals surface area contributed by atoms with E-state index in [4.69, 9.17) is 0 Å². The van der Waals surface area contributed by atoms with E-state index in [1.54, 1.807) is 32.1 Å². The van der Waals surface area contributed by atoms with Crippen LogP contribution in [-0.2, 0) is 6.42 Å². The van der Waals surface area contributed by atoms with Gasteiger partial charge in [-0.25, -0.2) is 4.98 Å². The van der Waals surface area contributed by atoms with E-state index in [1.165, 1.54) is 11.3 Å². The molecule has 0 radical (unpaired) electrons. The molecule has 0 unspecified atom stereocenters. The molecule has 1 saturated heterocycles. The Hall–Kier alpha value is -1.44. The molecule has 0 saturated carbocycles. The summed E-state index contributed by atoms with van der Waals surface area (Å²) >= 11 is 3.36. The Kier molecular flexibility index (Phi) is 4.56. The molecule has 5 nitrogen and oxygen atoms in total. The van der Waals surface area contributed by atoms with Crippen molar-refractivity contribution in [2.45, 2.75) is 39.7 Å². The van der Waals surface area contributed by atoms with Gasteiger partial charge in [0.15, 0.2) is 11.9 Å². The zero-order valence-electron chi connectivity index (χ0n) is 14.9. The van der Waals surface area contributed by atoms with E-state index in [1.807, 2.05) is 6.92 Å².